The molecular formula is C12H23N2O2+. The van der Waals surface area contributed by atoms with Gasteiger partial charge in [0.2, 0.25) is 5.39 Å². The highest BCUT2D eigenvalue weighted by Crippen LogP contribution is 2.11. The van der Waals surface area contributed by atoms with Crippen molar-refractivity contribution in [1.29, 1.82) is 5.39 Å². The van der Waals surface area contributed by atoms with Gasteiger partial charge < -0.3 is 5.11 Å². The number of diazo groups is 1. The predicted octanol–water partition coefficient (Wildman–Crippen LogP) is 3.82. The average Bonchev–Trinajstić information content (AvgIpc) is 2.26. The van der Waals surface area contributed by atoms with Gasteiger partial charge in [0.15, 0.2) is 0 Å². The molecule has 0 aromatic heterocycles. The zero-order valence-electron chi connectivity index (χ0n) is 10.2. The maximum Gasteiger partial charge on any atom is 0.408 e. The smallest absolute Gasteiger partial charge is 0.408 e. The minimum Gasteiger partial charge on any atom is -0.475 e. The molecule has 0 aliphatic heterocycles. The summed E-state index contributed by atoms with van der Waals surface area (Å²) in [5, 5.41) is 17.1. The number of aliphatic carboxylic acids is 1. The van der Waals surface area contributed by atoms with E-state index in [1.807, 2.05) is 0 Å². The monoisotopic (exact) mass is 227 g/mol. The maximum atomic E-state index is 10.5. The molecular weight excluding hydrogens is 204 g/mol. The van der Waals surface area contributed by atoms with E-state index in [1.165, 1.54) is 32.1 Å². The van der Waals surface area contributed by atoms with Crippen LogP contribution in [0.1, 0.15) is 64.7 Å². The van der Waals surface area contributed by atoms with Crippen LogP contribution in [0.15, 0.2) is 0 Å². The average molecular weight is 227 g/mol. The number of carboxylic acids is 1. The van der Waals surface area contributed by atoms with Gasteiger partial charge in [-0.2, -0.15) is 0 Å². The minimum absolute atomic E-state index is 0.445. The Kier molecular flexibility index (Phi) is 9.69. The molecule has 0 aromatic carbocycles. The highest BCUT2D eigenvalue weighted by atomic mass is 16.4. The van der Waals surface area contributed by atoms with Gasteiger partial charge >= 0.3 is 12.0 Å². The lowest BCUT2D eigenvalue weighted by molar-refractivity contribution is -0.137. The summed E-state index contributed by atoms with van der Waals surface area (Å²) in [6, 6.07) is -0.930. The Hall–Kier alpha value is -1.11. The second-order valence-electron chi connectivity index (χ2n) is 4.23. The fourth-order valence-electron chi connectivity index (χ4n) is 1.70. The van der Waals surface area contributed by atoms with Gasteiger partial charge in [0, 0.05) is 6.42 Å². The van der Waals surface area contributed by atoms with E-state index >= 15 is 0 Å². The van der Waals surface area contributed by atoms with Crippen molar-refractivity contribution in [1.82, 2.24) is 0 Å². The van der Waals surface area contributed by atoms with Crippen molar-refractivity contribution in [2.45, 2.75) is 70.8 Å². The lowest BCUT2D eigenvalue weighted by Gasteiger charge is -2.00. The zero-order chi connectivity index (χ0) is 12.2. The van der Waals surface area contributed by atoms with Crippen LogP contribution < -0.4 is 0 Å². The van der Waals surface area contributed by atoms with Crippen LogP contribution in [0.5, 0.6) is 0 Å². The van der Waals surface area contributed by atoms with Gasteiger partial charge in [0.25, 0.3) is 0 Å². The summed E-state index contributed by atoms with van der Waals surface area (Å²) in [6.45, 7) is 2.20. The molecule has 1 atom stereocenters. The molecule has 0 amide bonds. The molecule has 0 heterocycles. The molecule has 0 spiro atoms. The summed E-state index contributed by atoms with van der Waals surface area (Å²) in [5.74, 6) is -1.04. The Labute approximate surface area is 97.7 Å². The molecule has 16 heavy (non-hydrogen) atoms. The Morgan fingerprint density at radius 1 is 1.12 bits per heavy atom. The van der Waals surface area contributed by atoms with Crippen LogP contribution in [0.3, 0.4) is 0 Å². The van der Waals surface area contributed by atoms with E-state index in [2.05, 4.69) is 11.9 Å². The third kappa shape index (κ3) is 8.22. The first-order chi connectivity index (χ1) is 7.72. The van der Waals surface area contributed by atoms with Gasteiger partial charge in [-0.3, -0.25) is 0 Å². The number of nitrogens with zero attached hydrogens (tertiary/aromatic N) is 2. The Morgan fingerprint density at radius 2 is 1.62 bits per heavy atom. The van der Waals surface area contributed by atoms with Crippen molar-refractivity contribution in [3.8, 4) is 0 Å². The fourth-order valence-corrected chi connectivity index (χ4v) is 1.70. The Morgan fingerprint density at radius 3 is 2.06 bits per heavy atom. The topological polar surface area (TPSA) is 65.5 Å². The van der Waals surface area contributed by atoms with Gasteiger partial charge in [-0.15, -0.1) is 0 Å². The van der Waals surface area contributed by atoms with Crippen LogP contribution in [0.25, 0.3) is 4.98 Å². The summed E-state index contributed by atoms with van der Waals surface area (Å²) in [5.41, 5.74) is 0. The van der Waals surface area contributed by atoms with Crippen LogP contribution in [0, 0.1) is 5.39 Å². The highest BCUT2D eigenvalue weighted by Gasteiger charge is 2.28. The number of hydrogen-bond acceptors (Lipinski definition) is 2. The number of hydrogen-bond donors (Lipinski definition) is 1. The molecule has 92 valence electrons. The van der Waals surface area contributed by atoms with Crippen molar-refractivity contribution in [2.24, 2.45) is 0 Å². The van der Waals surface area contributed by atoms with Gasteiger partial charge in [0.1, 0.15) is 4.98 Å². The van der Waals surface area contributed by atoms with Gasteiger partial charge in [-0.1, -0.05) is 51.9 Å². The second kappa shape index (κ2) is 10.4. The fraction of sp³-hybridized carbons (Fsp3) is 0.917. The summed E-state index contributed by atoms with van der Waals surface area (Å²) < 4.78 is 0. The molecule has 0 fully saturated rings. The summed E-state index contributed by atoms with van der Waals surface area (Å²) in [6.07, 6.45) is 9.85. The quantitative estimate of drug-likeness (QED) is 0.455. The Bertz CT molecular complexity index is 224. The molecule has 0 unspecified atom stereocenters. The highest BCUT2D eigenvalue weighted by molar-refractivity contribution is 5.75. The zero-order valence-corrected chi connectivity index (χ0v) is 10.2. The lowest BCUT2D eigenvalue weighted by Crippen LogP contribution is -2.15. The predicted molar refractivity (Wildman–Crippen MR) is 63.7 cm³/mol. The normalized spacial score (nSPS) is 12.0. The van der Waals surface area contributed by atoms with Gasteiger partial charge in [-0.05, 0) is 6.42 Å². The van der Waals surface area contributed by atoms with Crippen LogP contribution in [-0.2, 0) is 4.79 Å². The summed E-state index contributed by atoms with van der Waals surface area (Å²) in [7, 11) is 0. The van der Waals surface area contributed by atoms with E-state index in [9.17, 15) is 4.79 Å². The summed E-state index contributed by atoms with van der Waals surface area (Å²) in [4.78, 5) is 13.4. The largest absolute Gasteiger partial charge is 0.475 e. The first-order valence-electron chi connectivity index (χ1n) is 6.29. The molecule has 1 N–H and O–H groups in total. The van der Waals surface area contributed by atoms with E-state index in [4.69, 9.17) is 10.5 Å². The van der Waals surface area contributed by atoms with E-state index < -0.39 is 12.0 Å². The number of carboxylic acid groups (broad SMARTS) is 1. The second-order valence-corrected chi connectivity index (χ2v) is 4.23. The van der Waals surface area contributed by atoms with Crippen molar-refractivity contribution in [3.05, 3.63) is 4.98 Å². The van der Waals surface area contributed by atoms with Crippen molar-refractivity contribution in [2.75, 3.05) is 0 Å². The molecule has 4 nitrogen and oxygen atoms in total. The van der Waals surface area contributed by atoms with Crippen LogP contribution in [0.4, 0.5) is 0 Å². The van der Waals surface area contributed by atoms with Crippen molar-refractivity contribution < 1.29 is 9.90 Å². The molecule has 4 heteroatoms. The maximum absolute atomic E-state index is 10.5. The SMILES string of the molecule is CCCCCCCCCC[C@@H]([N+]#N)C(=O)O. The van der Waals surface area contributed by atoms with Crippen LogP contribution in [-0.4, -0.2) is 17.1 Å². The first-order valence-corrected chi connectivity index (χ1v) is 6.29. The third-order valence-corrected chi connectivity index (χ3v) is 2.76. The molecule has 0 bridgehead atoms. The van der Waals surface area contributed by atoms with E-state index in [0.29, 0.717) is 6.42 Å². The molecule has 0 aliphatic carbocycles. The number of rotatable bonds is 10. The number of unbranched alkanes of at least 4 members (excludes halogenated alkanes) is 7. The standard InChI is InChI=1S/C12H22N2O2/c1-2-3-4-5-6-7-8-9-10-11(14-13)12(15)16/h11H,2-10H2,1H3/p+1/t11-/m1/s1. The lowest BCUT2D eigenvalue weighted by atomic mass is 10.1. The molecule has 0 radical (unpaired) electrons. The Balaban J connectivity index is 3.27. The van der Waals surface area contributed by atoms with Crippen molar-refractivity contribution >= 4 is 5.97 Å². The molecule has 0 aromatic rings. The minimum atomic E-state index is -1.04. The number of carbonyl (C=O) groups is 1. The molecule has 0 saturated carbocycles. The van der Waals surface area contributed by atoms with Gasteiger partial charge in [-0.25, -0.2) is 4.79 Å². The van der Waals surface area contributed by atoms with Crippen molar-refractivity contribution in [3.63, 3.8) is 0 Å². The third-order valence-electron chi connectivity index (χ3n) is 2.76. The molecule has 0 saturated heterocycles. The van der Waals surface area contributed by atoms with E-state index in [1.54, 1.807) is 0 Å². The first kappa shape index (κ1) is 14.9. The summed E-state index contributed by atoms with van der Waals surface area (Å²) >= 11 is 0. The van der Waals surface area contributed by atoms with Gasteiger partial charge in [0.05, 0.1) is 0 Å². The van der Waals surface area contributed by atoms with Crippen LogP contribution >= 0.6 is 0 Å². The van der Waals surface area contributed by atoms with E-state index in [0.717, 1.165) is 19.3 Å². The van der Waals surface area contributed by atoms with E-state index in [-0.39, 0.29) is 0 Å². The molecule has 0 rings (SSSR count). The molecule has 0 aliphatic rings. The van der Waals surface area contributed by atoms with Crippen LogP contribution in [0.2, 0.25) is 0 Å².